The Morgan fingerprint density at radius 3 is 2.75 bits per heavy atom. The van der Waals surface area contributed by atoms with Crippen LogP contribution in [0.15, 0.2) is 18.2 Å². The Labute approximate surface area is 72.4 Å². The molecule has 2 rings (SSSR count). The van der Waals surface area contributed by atoms with E-state index in [1.54, 1.807) is 6.07 Å². The van der Waals surface area contributed by atoms with Gasteiger partial charge in [0.05, 0.1) is 4.70 Å². The van der Waals surface area contributed by atoms with Gasteiger partial charge in [0.1, 0.15) is 0 Å². The molecule has 2 aromatic rings. The lowest BCUT2D eigenvalue weighted by molar-refractivity contribution is 0.518. The third kappa shape index (κ3) is 1.01. The van der Waals surface area contributed by atoms with Crippen LogP contribution < -0.4 is 0 Å². The van der Waals surface area contributed by atoms with Crippen LogP contribution >= 0.6 is 11.3 Å². The molecule has 1 aromatic carbocycles. The Hall–Kier alpha value is -0.960. The van der Waals surface area contributed by atoms with Gasteiger partial charge in [0, 0.05) is 4.88 Å². The van der Waals surface area contributed by atoms with E-state index in [0.717, 1.165) is 16.3 Å². The fourth-order valence-corrected chi connectivity index (χ4v) is 2.11. The summed E-state index contributed by atoms with van der Waals surface area (Å²) in [4.78, 5) is 0.995. The van der Waals surface area contributed by atoms with E-state index in [4.69, 9.17) is 0 Å². The molecule has 1 aromatic heterocycles. The van der Waals surface area contributed by atoms with E-state index in [9.17, 15) is 8.78 Å². The fraction of sp³-hybridized carbons (Fsp3) is 0.111. The second-order valence-electron chi connectivity index (χ2n) is 2.64. The van der Waals surface area contributed by atoms with Crippen LogP contribution in [0.25, 0.3) is 10.1 Å². The molecule has 62 valence electrons. The van der Waals surface area contributed by atoms with E-state index in [1.807, 2.05) is 13.0 Å². The van der Waals surface area contributed by atoms with Gasteiger partial charge in [0.25, 0.3) is 0 Å². The monoisotopic (exact) mass is 184 g/mol. The van der Waals surface area contributed by atoms with Crippen molar-refractivity contribution in [1.29, 1.82) is 0 Å². The van der Waals surface area contributed by atoms with Gasteiger partial charge in [-0.25, -0.2) is 8.78 Å². The number of thiophene rings is 1. The summed E-state index contributed by atoms with van der Waals surface area (Å²) in [6, 6.07) is 4.60. The van der Waals surface area contributed by atoms with E-state index >= 15 is 0 Å². The highest BCUT2D eigenvalue weighted by molar-refractivity contribution is 7.19. The van der Waals surface area contributed by atoms with Crippen LogP contribution in [0.2, 0.25) is 0 Å². The van der Waals surface area contributed by atoms with Crippen molar-refractivity contribution in [2.75, 3.05) is 0 Å². The zero-order valence-electron chi connectivity index (χ0n) is 6.40. The lowest BCUT2D eigenvalue weighted by Gasteiger charge is -1.92. The van der Waals surface area contributed by atoms with Crippen molar-refractivity contribution in [3.8, 4) is 0 Å². The highest BCUT2D eigenvalue weighted by atomic mass is 32.1. The first-order valence-electron chi connectivity index (χ1n) is 3.52. The quantitative estimate of drug-likeness (QED) is 0.588. The van der Waals surface area contributed by atoms with Gasteiger partial charge in [-0.3, -0.25) is 0 Å². The van der Waals surface area contributed by atoms with Gasteiger partial charge < -0.3 is 0 Å². The molecule has 0 aliphatic carbocycles. The van der Waals surface area contributed by atoms with Gasteiger partial charge in [0.2, 0.25) is 0 Å². The summed E-state index contributed by atoms with van der Waals surface area (Å²) in [5, 5.41) is 0.774. The topological polar surface area (TPSA) is 0 Å². The summed E-state index contributed by atoms with van der Waals surface area (Å²) >= 11 is 1.28. The highest BCUT2D eigenvalue weighted by Gasteiger charge is 2.08. The minimum Gasteiger partial charge on any atom is -0.204 e. The molecule has 0 bridgehead atoms. The molecule has 0 saturated heterocycles. The van der Waals surface area contributed by atoms with E-state index in [-0.39, 0.29) is 0 Å². The number of rotatable bonds is 0. The molecule has 0 nitrogen and oxygen atoms in total. The molecule has 0 unspecified atom stereocenters. The zero-order valence-corrected chi connectivity index (χ0v) is 7.21. The van der Waals surface area contributed by atoms with Crippen LogP contribution in [0.3, 0.4) is 0 Å². The maximum atomic E-state index is 13.0. The Morgan fingerprint density at radius 1 is 1.25 bits per heavy atom. The summed E-state index contributed by atoms with van der Waals surface area (Å²) in [6.07, 6.45) is 0. The predicted molar refractivity (Wildman–Crippen MR) is 46.5 cm³/mol. The molecule has 0 aliphatic heterocycles. The second kappa shape index (κ2) is 2.52. The molecule has 0 atom stereocenters. The lowest BCUT2D eigenvalue weighted by atomic mass is 10.2. The first-order chi connectivity index (χ1) is 5.68. The van der Waals surface area contributed by atoms with Crippen molar-refractivity contribution in [3.63, 3.8) is 0 Å². The standard InChI is InChI=1S/C9H6F2S/c1-5-4-6-2-3-7(10)8(11)9(6)12-5/h2-4H,1H3. The van der Waals surface area contributed by atoms with Gasteiger partial charge >= 0.3 is 0 Å². The number of halogens is 2. The minimum absolute atomic E-state index is 0.410. The average Bonchev–Trinajstić information content (AvgIpc) is 2.39. The fourth-order valence-electron chi connectivity index (χ4n) is 1.17. The molecule has 0 radical (unpaired) electrons. The maximum Gasteiger partial charge on any atom is 0.176 e. The summed E-state index contributed by atoms with van der Waals surface area (Å²) in [5.41, 5.74) is 0. The molecule has 3 heteroatoms. The van der Waals surface area contributed by atoms with Gasteiger partial charge in [-0.05, 0) is 24.4 Å². The van der Waals surface area contributed by atoms with Crippen LogP contribution in [0.5, 0.6) is 0 Å². The van der Waals surface area contributed by atoms with Crippen LogP contribution in [-0.2, 0) is 0 Å². The summed E-state index contributed by atoms with van der Waals surface area (Å²) in [7, 11) is 0. The molecule has 0 aliphatic rings. The largest absolute Gasteiger partial charge is 0.204 e. The van der Waals surface area contributed by atoms with Crippen LogP contribution in [0, 0.1) is 18.6 Å². The molecular weight excluding hydrogens is 178 g/mol. The first-order valence-corrected chi connectivity index (χ1v) is 4.34. The second-order valence-corrected chi connectivity index (χ2v) is 3.89. The van der Waals surface area contributed by atoms with Gasteiger partial charge in [-0.15, -0.1) is 11.3 Å². The Morgan fingerprint density at radius 2 is 2.00 bits per heavy atom. The Bertz CT molecular complexity index is 431. The van der Waals surface area contributed by atoms with E-state index < -0.39 is 11.6 Å². The smallest absolute Gasteiger partial charge is 0.176 e. The first kappa shape index (κ1) is 7.68. The van der Waals surface area contributed by atoms with Crippen molar-refractivity contribution in [2.45, 2.75) is 6.92 Å². The van der Waals surface area contributed by atoms with Crippen molar-refractivity contribution in [1.82, 2.24) is 0 Å². The molecule has 0 N–H and O–H groups in total. The van der Waals surface area contributed by atoms with Gasteiger partial charge in [0.15, 0.2) is 11.6 Å². The van der Waals surface area contributed by atoms with E-state index in [0.29, 0.717) is 4.70 Å². The summed E-state index contributed by atoms with van der Waals surface area (Å²) in [6.45, 7) is 1.88. The number of hydrogen-bond donors (Lipinski definition) is 0. The van der Waals surface area contributed by atoms with Crippen LogP contribution in [0.4, 0.5) is 8.78 Å². The third-order valence-electron chi connectivity index (χ3n) is 1.70. The SMILES string of the molecule is Cc1cc2ccc(F)c(F)c2s1. The van der Waals surface area contributed by atoms with Crippen molar-refractivity contribution in [3.05, 3.63) is 34.7 Å². The molecule has 12 heavy (non-hydrogen) atoms. The molecule has 0 amide bonds. The number of fused-ring (bicyclic) bond motifs is 1. The van der Waals surface area contributed by atoms with Crippen molar-refractivity contribution >= 4 is 21.4 Å². The molecule has 0 spiro atoms. The molecule has 0 fully saturated rings. The van der Waals surface area contributed by atoms with E-state index in [2.05, 4.69) is 0 Å². The van der Waals surface area contributed by atoms with Crippen LogP contribution in [-0.4, -0.2) is 0 Å². The predicted octanol–water partition coefficient (Wildman–Crippen LogP) is 3.49. The summed E-state index contributed by atoms with van der Waals surface area (Å²) in [5.74, 6) is -1.50. The maximum absolute atomic E-state index is 13.0. The van der Waals surface area contributed by atoms with Crippen molar-refractivity contribution < 1.29 is 8.78 Å². The number of hydrogen-bond acceptors (Lipinski definition) is 1. The molecule has 0 saturated carbocycles. The Balaban J connectivity index is 2.89. The third-order valence-corrected chi connectivity index (χ3v) is 2.76. The highest BCUT2D eigenvalue weighted by Crippen LogP contribution is 2.28. The van der Waals surface area contributed by atoms with Gasteiger partial charge in [-0.2, -0.15) is 0 Å². The molecule has 1 heterocycles. The normalized spacial score (nSPS) is 10.9. The van der Waals surface area contributed by atoms with E-state index in [1.165, 1.54) is 11.3 Å². The Kier molecular flexibility index (Phi) is 1.61. The average molecular weight is 184 g/mol. The number of benzene rings is 1. The van der Waals surface area contributed by atoms with Crippen molar-refractivity contribution in [2.24, 2.45) is 0 Å². The minimum atomic E-state index is -0.774. The summed E-state index contributed by atoms with van der Waals surface area (Å²) < 4.78 is 26.1. The molecular formula is C9H6F2S. The van der Waals surface area contributed by atoms with Crippen LogP contribution in [0.1, 0.15) is 4.88 Å². The zero-order chi connectivity index (χ0) is 8.72. The van der Waals surface area contributed by atoms with Gasteiger partial charge in [-0.1, -0.05) is 6.07 Å². The lowest BCUT2D eigenvalue weighted by Crippen LogP contribution is -1.80. The number of aryl methyl sites for hydroxylation is 1.